The van der Waals surface area contributed by atoms with Crippen LogP contribution in [0, 0.1) is 5.82 Å². The number of fused-ring (bicyclic) bond motifs is 1. The summed E-state index contributed by atoms with van der Waals surface area (Å²) in [6.07, 6.45) is 3.01. The number of hydrogen-bond acceptors (Lipinski definition) is 2. The monoisotopic (exact) mass is 247 g/mol. The Labute approximate surface area is 104 Å². The van der Waals surface area contributed by atoms with Gasteiger partial charge in [-0.2, -0.15) is 0 Å². The highest BCUT2D eigenvalue weighted by atomic mass is 19.1. The zero-order valence-electron chi connectivity index (χ0n) is 10.1. The van der Waals surface area contributed by atoms with Gasteiger partial charge in [0, 0.05) is 22.7 Å². The number of ketones is 1. The van der Waals surface area contributed by atoms with Crippen molar-refractivity contribution in [3.05, 3.63) is 35.8 Å². The van der Waals surface area contributed by atoms with Gasteiger partial charge in [-0.3, -0.25) is 4.79 Å². The Bertz CT molecular complexity index is 605. The predicted octanol–water partition coefficient (Wildman–Crippen LogP) is 3.06. The van der Waals surface area contributed by atoms with Crippen LogP contribution in [-0.2, 0) is 4.74 Å². The van der Waals surface area contributed by atoms with Crippen molar-refractivity contribution in [1.82, 2.24) is 4.98 Å². The van der Waals surface area contributed by atoms with Gasteiger partial charge in [-0.1, -0.05) is 0 Å². The standard InChI is InChI=1S/C14H14FNO2/c1-8-2-5-13(18-8)14(17)11-7-16-12-4-3-9(15)6-10(11)12/h3-4,6-8,13,16H,2,5H2,1H3. The van der Waals surface area contributed by atoms with Gasteiger partial charge in [0.2, 0.25) is 0 Å². The molecule has 1 aromatic heterocycles. The van der Waals surface area contributed by atoms with Crippen LogP contribution in [0.25, 0.3) is 10.9 Å². The van der Waals surface area contributed by atoms with Crippen LogP contribution < -0.4 is 0 Å². The van der Waals surface area contributed by atoms with Crippen molar-refractivity contribution in [3.63, 3.8) is 0 Å². The van der Waals surface area contributed by atoms with Crippen LogP contribution in [0.2, 0.25) is 0 Å². The third-order valence-electron chi connectivity index (χ3n) is 3.43. The second-order valence-corrected chi connectivity index (χ2v) is 4.77. The van der Waals surface area contributed by atoms with Crippen LogP contribution in [0.5, 0.6) is 0 Å². The van der Waals surface area contributed by atoms with Crippen LogP contribution in [-0.4, -0.2) is 23.0 Å². The zero-order valence-corrected chi connectivity index (χ0v) is 10.1. The molecular formula is C14H14FNO2. The largest absolute Gasteiger partial charge is 0.367 e. The number of carbonyl (C=O) groups is 1. The maximum atomic E-state index is 13.2. The second-order valence-electron chi connectivity index (χ2n) is 4.77. The molecule has 0 saturated carbocycles. The number of H-pyrrole nitrogens is 1. The van der Waals surface area contributed by atoms with Gasteiger partial charge in [-0.15, -0.1) is 0 Å². The number of ether oxygens (including phenoxy) is 1. The van der Waals surface area contributed by atoms with Crippen molar-refractivity contribution in [2.24, 2.45) is 0 Å². The van der Waals surface area contributed by atoms with Gasteiger partial charge >= 0.3 is 0 Å². The first-order valence-corrected chi connectivity index (χ1v) is 6.11. The van der Waals surface area contributed by atoms with E-state index < -0.39 is 0 Å². The summed E-state index contributed by atoms with van der Waals surface area (Å²) in [4.78, 5) is 15.3. The summed E-state index contributed by atoms with van der Waals surface area (Å²) in [5.41, 5.74) is 1.29. The van der Waals surface area contributed by atoms with Gasteiger partial charge in [0.05, 0.1) is 6.10 Å². The predicted molar refractivity (Wildman–Crippen MR) is 66.2 cm³/mol. The number of halogens is 1. The quantitative estimate of drug-likeness (QED) is 0.829. The fraction of sp³-hybridized carbons (Fsp3) is 0.357. The van der Waals surface area contributed by atoms with Crippen molar-refractivity contribution in [3.8, 4) is 0 Å². The highest BCUT2D eigenvalue weighted by Gasteiger charge is 2.30. The summed E-state index contributed by atoms with van der Waals surface area (Å²) in [6.45, 7) is 1.96. The van der Waals surface area contributed by atoms with Crippen molar-refractivity contribution in [1.29, 1.82) is 0 Å². The molecule has 1 fully saturated rings. The second kappa shape index (κ2) is 4.21. The molecule has 2 aromatic rings. The van der Waals surface area contributed by atoms with Gasteiger partial charge in [0.1, 0.15) is 11.9 Å². The number of aromatic nitrogens is 1. The van der Waals surface area contributed by atoms with Gasteiger partial charge in [0.25, 0.3) is 0 Å². The molecule has 0 spiro atoms. The Hall–Kier alpha value is -1.68. The van der Waals surface area contributed by atoms with Gasteiger partial charge in [-0.05, 0) is 38.0 Å². The van der Waals surface area contributed by atoms with E-state index in [0.717, 1.165) is 18.4 Å². The lowest BCUT2D eigenvalue weighted by Crippen LogP contribution is -2.20. The van der Waals surface area contributed by atoms with Crippen molar-refractivity contribution < 1.29 is 13.9 Å². The van der Waals surface area contributed by atoms with Crippen LogP contribution in [0.4, 0.5) is 4.39 Å². The summed E-state index contributed by atoms with van der Waals surface area (Å²) in [7, 11) is 0. The number of carbonyl (C=O) groups excluding carboxylic acids is 1. The van der Waals surface area contributed by atoms with E-state index in [-0.39, 0.29) is 23.8 Å². The first-order chi connectivity index (χ1) is 8.65. The van der Waals surface area contributed by atoms with Crippen molar-refractivity contribution in [2.45, 2.75) is 32.0 Å². The van der Waals surface area contributed by atoms with E-state index in [9.17, 15) is 9.18 Å². The summed E-state index contributed by atoms with van der Waals surface area (Å²) >= 11 is 0. The molecule has 1 aromatic carbocycles. The average Bonchev–Trinajstić information content (AvgIpc) is 2.94. The van der Waals surface area contributed by atoms with Gasteiger partial charge in [-0.25, -0.2) is 4.39 Å². The minimum atomic E-state index is -0.387. The first-order valence-electron chi connectivity index (χ1n) is 6.11. The van der Waals surface area contributed by atoms with Gasteiger partial charge in [0.15, 0.2) is 5.78 Å². The van der Waals surface area contributed by atoms with Crippen LogP contribution in [0.1, 0.15) is 30.1 Å². The molecule has 0 amide bonds. The number of aromatic amines is 1. The van der Waals surface area contributed by atoms with E-state index in [4.69, 9.17) is 4.74 Å². The summed E-state index contributed by atoms with van der Waals surface area (Å²) in [6, 6.07) is 4.40. The zero-order chi connectivity index (χ0) is 12.7. The third kappa shape index (κ3) is 1.82. The molecule has 1 aliphatic heterocycles. The maximum absolute atomic E-state index is 13.2. The van der Waals surface area contributed by atoms with Crippen molar-refractivity contribution in [2.75, 3.05) is 0 Å². The van der Waals surface area contributed by atoms with Crippen LogP contribution in [0.15, 0.2) is 24.4 Å². The number of Topliss-reactive ketones (excluding diaryl/α,β-unsaturated/α-hetero) is 1. The molecular weight excluding hydrogens is 233 g/mol. The van der Waals surface area contributed by atoms with Gasteiger partial charge < -0.3 is 9.72 Å². The Kier molecular flexibility index (Phi) is 2.67. The summed E-state index contributed by atoms with van der Waals surface area (Å²) in [5.74, 6) is -0.395. The SMILES string of the molecule is CC1CCC(C(=O)c2c[nH]c3ccc(F)cc23)O1. The van der Waals surface area contributed by atoms with E-state index >= 15 is 0 Å². The number of rotatable bonds is 2. The van der Waals surface area contributed by atoms with E-state index in [0.29, 0.717) is 10.9 Å². The number of nitrogens with one attached hydrogen (secondary N) is 1. The molecule has 2 unspecified atom stereocenters. The van der Waals surface area contributed by atoms with E-state index in [1.54, 1.807) is 12.3 Å². The van der Waals surface area contributed by atoms with Crippen molar-refractivity contribution >= 4 is 16.7 Å². The molecule has 1 N–H and O–H groups in total. The molecule has 3 nitrogen and oxygen atoms in total. The van der Waals surface area contributed by atoms with E-state index in [1.165, 1.54) is 12.1 Å². The number of hydrogen-bond donors (Lipinski definition) is 1. The highest BCUT2D eigenvalue weighted by molar-refractivity contribution is 6.10. The lowest BCUT2D eigenvalue weighted by molar-refractivity contribution is 0.0435. The molecule has 0 bridgehead atoms. The number of benzene rings is 1. The minimum absolute atomic E-state index is 0.0591. The molecule has 2 heterocycles. The fourth-order valence-electron chi connectivity index (χ4n) is 2.47. The Morgan fingerprint density at radius 1 is 1.44 bits per heavy atom. The molecule has 18 heavy (non-hydrogen) atoms. The molecule has 94 valence electrons. The normalized spacial score (nSPS) is 23.7. The Balaban J connectivity index is 1.99. The van der Waals surface area contributed by atoms with E-state index in [1.807, 2.05) is 6.92 Å². The molecule has 1 aliphatic rings. The Morgan fingerprint density at radius 3 is 3.00 bits per heavy atom. The Morgan fingerprint density at radius 2 is 2.28 bits per heavy atom. The molecule has 4 heteroatoms. The molecule has 2 atom stereocenters. The average molecular weight is 247 g/mol. The molecule has 3 rings (SSSR count). The third-order valence-corrected chi connectivity index (χ3v) is 3.43. The van der Waals surface area contributed by atoms with Crippen LogP contribution >= 0.6 is 0 Å². The fourth-order valence-corrected chi connectivity index (χ4v) is 2.47. The summed E-state index contributed by atoms with van der Waals surface area (Å²) in [5, 5.41) is 0.628. The molecule has 0 radical (unpaired) electrons. The first kappa shape index (κ1) is 11.4. The highest BCUT2D eigenvalue weighted by Crippen LogP contribution is 2.26. The topological polar surface area (TPSA) is 42.1 Å². The lowest BCUT2D eigenvalue weighted by atomic mass is 10.0. The van der Waals surface area contributed by atoms with E-state index in [2.05, 4.69) is 4.98 Å². The smallest absolute Gasteiger partial charge is 0.193 e. The molecule has 0 aliphatic carbocycles. The minimum Gasteiger partial charge on any atom is -0.367 e. The maximum Gasteiger partial charge on any atom is 0.193 e. The lowest BCUT2D eigenvalue weighted by Gasteiger charge is -2.09. The van der Waals surface area contributed by atoms with Crippen LogP contribution in [0.3, 0.4) is 0 Å². The summed E-state index contributed by atoms with van der Waals surface area (Å²) < 4.78 is 18.8. The molecule has 1 saturated heterocycles.